The van der Waals surface area contributed by atoms with Crippen LogP contribution in [0.1, 0.15) is 59.4 Å². The second-order valence-electron chi connectivity index (χ2n) is 12.2. The topological polar surface area (TPSA) is 102 Å². The molecular formula is C33H35FN6O3S. The van der Waals surface area contributed by atoms with Gasteiger partial charge in [0, 0.05) is 67.2 Å². The number of nitrogens with one attached hydrogen (secondary N) is 1. The van der Waals surface area contributed by atoms with Crippen LogP contribution in [0.25, 0.3) is 0 Å². The van der Waals surface area contributed by atoms with E-state index in [9.17, 15) is 19.1 Å². The van der Waals surface area contributed by atoms with Crippen LogP contribution in [-0.4, -0.2) is 68.4 Å². The molecule has 0 aliphatic carbocycles. The van der Waals surface area contributed by atoms with E-state index in [2.05, 4.69) is 53.0 Å². The van der Waals surface area contributed by atoms with Crippen LogP contribution in [0.3, 0.4) is 0 Å². The summed E-state index contributed by atoms with van der Waals surface area (Å²) in [6.07, 6.45) is 4.02. The fourth-order valence-electron chi connectivity index (χ4n) is 5.89. The number of aromatic hydroxyl groups is 1. The van der Waals surface area contributed by atoms with Gasteiger partial charge in [0.25, 0.3) is 11.8 Å². The smallest absolute Gasteiger partial charge is 0.255 e. The van der Waals surface area contributed by atoms with Gasteiger partial charge in [-0.05, 0) is 74.2 Å². The number of carbonyl (C=O) groups excluding carboxylic acids is 2. The molecule has 4 heterocycles. The van der Waals surface area contributed by atoms with Gasteiger partial charge in [-0.2, -0.15) is 0 Å². The number of anilines is 2. The third kappa shape index (κ3) is 6.15. The minimum absolute atomic E-state index is 0.00594. The molecule has 2 aliphatic heterocycles. The monoisotopic (exact) mass is 614 g/mol. The molecule has 2 amide bonds. The first kappa shape index (κ1) is 29.7. The maximum Gasteiger partial charge on any atom is 0.255 e. The Morgan fingerprint density at radius 2 is 1.82 bits per heavy atom. The average molecular weight is 615 g/mol. The fraction of sp³-hybridized carbons (Fsp3) is 0.333. The number of pyridine rings is 1. The molecule has 1 atom stereocenters. The Bertz CT molecular complexity index is 1660. The van der Waals surface area contributed by atoms with Crippen LogP contribution in [0.15, 0.2) is 66.3 Å². The molecule has 2 aromatic carbocycles. The van der Waals surface area contributed by atoms with Crippen LogP contribution >= 0.6 is 11.3 Å². The Labute approximate surface area is 260 Å². The Morgan fingerprint density at radius 1 is 1.05 bits per heavy atom. The number of carbonyl (C=O) groups is 2. The molecule has 0 radical (unpaired) electrons. The molecule has 0 spiro atoms. The van der Waals surface area contributed by atoms with Crippen LogP contribution in [-0.2, 0) is 17.8 Å². The van der Waals surface area contributed by atoms with Gasteiger partial charge in [-0.3, -0.25) is 19.8 Å². The summed E-state index contributed by atoms with van der Waals surface area (Å²) in [5, 5.41) is 15.3. The number of rotatable bonds is 7. The summed E-state index contributed by atoms with van der Waals surface area (Å²) in [6, 6.07) is 12.0. The summed E-state index contributed by atoms with van der Waals surface area (Å²) >= 11 is 1.22. The Morgan fingerprint density at radius 3 is 2.50 bits per heavy atom. The third-order valence-electron chi connectivity index (χ3n) is 8.28. The number of amides is 2. The van der Waals surface area contributed by atoms with Gasteiger partial charge in [0.2, 0.25) is 0 Å². The third-order valence-corrected chi connectivity index (χ3v) is 8.97. The van der Waals surface area contributed by atoms with Gasteiger partial charge in [0.05, 0.1) is 0 Å². The second-order valence-corrected chi connectivity index (χ2v) is 13.1. The van der Waals surface area contributed by atoms with E-state index in [-0.39, 0.29) is 29.3 Å². The van der Waals surface area contributed by atoms with E-state index in [4.69, 9.17) is 4.98 Å². The Balaban J connectivity index is 1.18. The summed E-state index contributed by atoms with van der Waals surface area (Å²) in [5.74, 6) is -0.893. The number of nitrogens with zero attached hydrogens (tertiary/aromatic N) is 5. The number of hydrogen-bond donors (Lipinski definition) is 2. The van der Waals surface area contributed by atoms with Gasteiger partial charge in [-0.25, -0.2) is 14.4 Å². The molecule has 11 heteroatoms. The molecule has 2 N–H and O–H groups in total. The van der Waals surface area contributed by atoms with Crippen LogP contribution in [0.5, 0.6) is 5.75 Å². The zero-order valence-corrected chi connectivity index (χ0v) is 25.8. The summed E-state index contributed by atoms with van der Waals surface area (Å²) in [7, 11) is 0. The van der Waals surface area contributed by atoms with E-state index in [1.54, 1.807) is 11.6 Å². The molecule has 6 rings (SSSR count). The van der Waals surface area contributed by atoms with Gasteiger partial charge in [0.1, 0.15) is 23.4 Å². The highest BCUT2D eigenvalue weighted by Gasteiger charge is 2.39. The molecule has 0 saturated carbocycles. The lowest BCUT2D eigenvalue weighted by Crippen LogP contribution is -2.53. The number of benzene rings is 2. The van der Waals surface area contributed by atoms with Gasteiger partial charge >= 0.3 is 0 Å². The SMILES string of the molecule is CC(C)(C)N1CCN(c2ccc(Cc3ccc4c(c3)C(=O)N(C(C(=O)Nc3nccs3)c3cc(F)ccc3O)C4)cn2)CC1. The number of phenolic OH excluding ortho intramolecular Hbond substituents is 1. The Kier molecular flexibility index (Phi) is 8.08. The molecule has 1 fully saturated rings. The number of piperazine rings is 1. The van der Waals surface area contributed by atoms with Gasteiger partial charge in [-0.15, -0.1) is 11.3 Å². The predicted octanol–water partition coefficient (Wildman–Crippen LogP) is 5.23. The molecule has 9 nitrogen and oxygen atoms in total. The van der Waals surface area contributed by atoms with E-state index in [0.717, 1.165) is 60.8 Å². The minimum Gasteiger partial charge on any atom is -0.508 e. The van der Waals surface area contributed by atoms with Crippen molar-refractivity contribution < 1.29 is 19.1 Å². The van der Waals surface area contributed by atoms with Crippen LogP contribution in [0.4, 0.5) is 15.3 Å². The first-order chi connectivity index (χ1) is 21.1. The van der Waals surface area contributed by atoms with Crippen molar-refractivity contribution in [2.45, 2.75) is 45.3 Å². The van der Waals surface area contributed by atoms with Gasteiger partial charge in [-0.1, -0.05) is 18.2 Å². The highest BCUT2D eigenvalue weighted by Crippen LogP contribution is 2.37. The molecule has 228 valence electrons. The minimum atomic E-state index is -1.26. The number of fused-ring (bicyclic) bond motifs is 1. The van der Waals surface area contributed by atoms with E-state index < -0.39 is 17.8 Å². The van der Waals surface area contributed by atoms with Crippen molar-refractivity contribution in [3.05, 3.63) is 99.9 Å². The standard InChI is InChI=1S/C33H35FN6O3S/c1-33(2,3)39-13-11-38(12-14-39)28-9-5-22(19-36-28)16-21-4-6-23-20-40(31(43)25(23)17-21)29(26-18-24(34)7-8-27(26)41)30(42)37-32-35-10-15-44-32/h4-10,15,17-19,29,41H,11-14,16,20H2,1-3H3,(H,35,37,42). The van der Waals surface area contributed by atoms with Crippen molar-refractivity contribution >= 4 is 34.1 Å². The average Bonchev–Trinajstić information content (AvgIpc) is 3.63. The fourth-order valence-corrected chi connectivity index (χ4v) is 6.43. The lowest BCUT2D eigenvalue weighted by molar-refractivity contribution is -0.120. The lowest BCUT2D eigenvalue weighted by Gasteiger charge is -2.42. The number of thiazole rings is 1. The zero-order valence-electron chi connectivity index (χ0n) is 25.0. The number of halogens is 1. The largest absolute Gasteiger partial charge is 0.508 e. The number of aromatic nitrogens is 2. The molecule has 0 bridgehead atoms. The van der Waals surface area contributed by atoms with Crippen molar-refractivity contribution in [1.82, 2.24) is 19.8 Å². The zero-order chi connectivity index (χ0) is 31.0. The molecule has 2 aliphatic rings. The summed E-state index contributed by atoms with van der Waals surface area (Å²) < 4.78 is 14.3. The van der Waals surface area contributed by atoms with Gasteiger partial charge in [0.15, 0.2) is 5.13 Å². The maximum atomic E-state index is 14.3. The quantitative estimate of drug-likeness (QED) is 0.294. The predicted molar refractivity (Wildman–Crippen MR) is 168 cm³/mol. The van der Waals surface area contributed by atoms with Crippen LogP contribution in [0.2, 0.25) is 0 Å². The first-order valence-electron chi connectivity index (χ1n) is 14.6. The van der Waals surface area contributed by atoms with Crippen molar-refractivity contribution in [2.75, 3.05) is 36.4 Å². The molecule has 1 unspecified atom stereocenters. The maximum absolute atomic E-state index is 14.3. The van der Waals surface area contributed by atoms with Crippen molar-refractivity contribution in [3.8, 4) is 5.75 Å². The molecular weight excluding hydrogens is 579 g/mol. The normalized spacial score (nSPS) is 16.2. The summed E-state index contributed by atoms with van der Waals surface area (Å²) in [6.45, 7) is 10.7. The highest BCUT2D eigenvalue weighted by atomic mass is 32.1. The first-order valence-corrected chi connectivity index (χ1v) is 15.5. The van der Waals surface area contributed by atoms with E-state index >= 15 is 0 Å². The number of hydrogen-bond acceptors (Lipinski definition) is 8. The lowest BCUT2D eigenvalue weighted by atomic mass is 10.0. The Hall–Kier alpha value is -4.35. The van der Waals surface area contributed by atoms with Crippen molar-refractivity contribution in [1.29, 1.82) is 0 Å². The summed E-state index contributed by atoms with van der Waals surface area (Å²) in [4.78, 5) is 42.2. The van der Waals surface area contributed by atoms with Crippen molar-refractivity contribution in [3.63, 3.8) is 0 Å². The van der Waals surface area contributed by atoms with Crippen LogP contribution < -0.4 is 10.2 Å². The van der Waals surface area contributed by atoms with Gasteiger partial charge < -0.3 is 14.9 Å². The van der Waals surface area contributed by atoms with E-state index in [0.29, 0.717) is 17.1 Å². The van der Waals surface area contributed by atoms with Crippen molar-refractivity contribution in [2.24, 2.45) is 0 Å². The number of phenols is 1. The van der Waals surface area contributed by atoms with E-state index in [1.807, 2.05) is 24.4 Å². The van der Waals surface area contributed by atoms with Crippen LogP contribution in [0, 0.1) is 5.82 Å². The summed E-state index contributed by atoms with van der Waals surface area (Å²) in [5.41, 5.74) is 3.36. The second kappa shape index (κ2) is 12.0. The molecule has 2 aromatic heterocycles. The highest BCUT2D eigenvalue weighted by molar-refractivity contribution is 7.13. The molecule has 4 aromatic rings. The van der Waals surface area contributed by atoms with E-state index in [1.165, 1.54) is 22.3 Å². The molecule has 44 heavy (non-hydrogen) atoms. The molecule has 1 saturated heterocycles.